The van der Waals surface area contributed by atoms with Crippen LogP contribution in [0.15, 0.2) is 24.3 Å². The lowest BCUT2D eigenvalue weighted by Crippen LogP contribution is -2.44. The minimum absolute atomic E-state index is 0.309. The van der Waals surface area contributed by atoms with Gasteiger partial charge < -0.3 is 5.32 Å². The maximum absolute atomic E-state index is 12.6. The highest BCUT2D eigenvalue weighted by Crippen LogP contribution is 2.35. The molecule has 0 atom stereocenters. The van der Waals surface area contributed by atoms with E-state index in [9.17, 15) is 22.8 Å². The van der Waals surface area contributed by atoms with Gasteiger partial charge in [0.1, 0.15) is 5.54 Å². The van der Waals surface area contributed by atoms with E-state index >= 15 is 0 Å². The van der Waals surface area contributed by atoms with Crippen LogP contribution in [0.5, 0.6) is 0 Å². The Bertz CT molecular complexity index is 857. The van der Waals surface area contributed by atoms with Crippen LogP contribution in [-0.2, 0) is 14.8 Å². The monoisotopic (exact) mass is 379 g/mol. The maximum Gasteiger partial charge on any atom is 0.325 e. The number of carbonyl (C=O) groups excluding carboxylic acids is 3. The van der Waals surface area contributed by atoms with Crippen molar-refractivity contribution in [1.82, 2.24) is 10.2 Å². The minimum Gasteiger partial charge on any atom is -0.323 e. The molecule has 3 amide bonds. The molecule has 3 rings (SSSR count). The molecule has 1 spiro atoms. The van der Waals surface area contributed by atoms with Crippen LogP contribution >= 0.6 is 0 Å². The molecule has 1 aromatic rings. The van der Waals surface area contributed by atoms with Crippen LogP contribution in [0.25, 0.3) is 0 Å². The van der Waals surface area contributed by atoms with E-state index in [1.54, 1.807) is 0 Å². The average Bonchev–Trinajstić information content (AvgIpc) is 3.14. The Morgan fingerprint density at radius 3 is 2.31 bits per heavy atom. The molecule has 2 aliphatic rings. The van der Waals surface area contributed by atoms with Gasteiger partial charge in [0.15, 0.2) is 5.78 Å². The second-order valence-electron chi connectivity index (χ2n) is 6.81. The number of hydrogen-bond donors (Lipinski definition) is 1. The Balaban J connectivity index is 1.72. The first-order valence-electron chi connectivity index (χ1n) is 8.35. The quantitative estimate of drug-likeness (QED) is 0.610. The summed E-state index contributed by atoms with van der Waals surface area (Å²) in [7, 11) is -1.98. The van der Waals surface area contributed by atoms with E-state index < -0.39 is 21.6 Å². The summed E-state index contributed by atoms with van der Waals surface area (Å²) in [5.41, 5.74) is -0.105. The number of Topliss-reactive ketones (excluding diaryl/α,β-unsaturated/α-hetero) is 1. The smallest absolute Gasteiger partial charge is 0.323 e. The average molecular weight is 379 g/mol. The van der Waals surface area contributed by atoms with Gasteiger partial charge in [-0.25, -0.2) is 13.2 Å². The molecule has 9 heteroatoms. The van der Waals surface area contributed by atoms with Crippen LogP contribution in [0.4, 0.5) is 10.5 Å². The number of ketones is 1. The number of amides is 3. The Hall–Kier alpha value is -2.42. The summed E-state index contributed by atoms with van der Waals surface area (Å²) in [6.07, 6.45) is 4.05. The van der Waals surface area contributed by atoms with E-state index in [4.69, 9.17) is 0 Å². The lowest BCUT2D eigenvalue weighted by molar-refractivity contribution is -0.130. The number of benzene rings is 1. The highest BCUT2D eigenvalue weighted by Gasteiger charge is 2.52. The molecule has 1 heterocycles. The summed E-state index contributed by atoms with van der Waals surface area (Å²) in [6.45, 7) is -0.326. The molecule has 8 nitrogen and oxygen atoms in total. The van der Waals surface area contributed by atoms with Crippen LogP contribution in [0.1, 0.15) is 36.0 Å². The second-order valence-corrected chi connectivity index (χ2v) is 8.82. The van der Waals surface area contributed by atoms with Gasteiger partial charge in [-0.2, -0.15) is 0 Å². The summed E-state index contributed by atoms with van der Waals surface area (Å²) in [5.74, 6) is -0.709. The van der Waals surface area contributed by atoms with Gasteiger partial charge in [0.25, 0.3) is 5.91 Å². The molecule has 26 heavy (non-hydrogen) atoms. The summed E-state index contributed by atoms with van der Waals surface area (Å²) in [4.78, 5) is 38.2. The highest BCUT2D eigenvalue weighted by molar-refractivity contribution is 7.92. The molecule has 0 radical (unpaired) electrons. The molecule has 1 aliphatic carbocycles. The fraction of sp³-hybridized carbons (Fsp3) is 0.471. The lowest BCUT2D eigenvalue weighted by Gasteiger charge is -2.20. The fourth-order valence-electron chi connectivity index (χ4n) is 3.42. The number of nitrogens with zero attached hydrogens (tertiary/aromatic N) is 2. The summed E-state index contributed by atoms with van der Waals surface area (Å²) in [6, 6.07) is 5.47. The number of hydrogen-bond acceptors (Lipinski definition) is 5. The zero-order valence-electron chi connectivity index (χ0n) is 14.7. The maximum atomic E-state index is 12.6. The van der Waals surface area contributed by atoms with Crippen molar-refractivity contribution < 1.29 is 22.8 Å². The van der Waals surface area contributed by atoms with Crippen LogP contribution in [0.2, 0.25) is 0 Å². The van der Waals surface area contributed by atoms with Crippen molar-refractivity contribution in [2.75, 3.05) is 24.2 Å². The molecule has 0 bridgehead atoms. The number of anilines is 1. The number of urea groups is 1. The van der Waals surface area contributed by atoms with Crippen LogP contribution in [0.3, 0.4) is 0 Å². The molecular formula is C17H21N3O5S. The van der Waals surface area contributed by atoms with Crippen molar-refractivity contribution >= 4 is 33.4 Å². The van der Waals surface area contributed by atoms with Crippen molar-refractivity contribution in [3.05, 3.63) is 29.8 Å². The van der Waals surface area contributed by atoms with E-state index in [1.807, 2.05) is 0 Å². The SMILES string of the molecule is CN(c1ccc(C(=O)CN2C(=O)NC3(CCCC3)C2=O)cc1)S(C)(=O)=O. The zero-order chi connectivity index (χ0) is 19.1. The molecule has 1 N–H and O–H groups in total. The number of carbonyl (C=O) groups is 3. The van der Waals surface area contributed by atoms with Crippen LogP contribution in [0, 0.1) is 0 Å². The van der Waals surface area contributed by atoms with E-state index in [0.717, 1.165) is 28.3 Å². The molecule has 0 aromatic heterocycles. The van der Waals surface area contributed by atoms with Gasteiger partial charge >= 0.3 is 6.03 Å². The lowest BCUT2D eigenvalue weighted by atomic mass is 9.98. The van der Waals surface area contributed by atoms with Crippen LogP contribution in [-0.4, -0.2) is 56.4 Å². The number of rotatable bonds is 5. The topological polar surface area (TPSA) is 104 Å². The van der Waals surface area contributed by atoms with E-state index in [2.05, 4.69) is 5.32 Å². The van der Waals surface area contributed by atoms with E-state index in [-0.39, 0.29) is 18.2 Å². The van der Waals surface area contributed by atoms with Gasteiger partial charge in [-0.3, -0.25) is 18.8 Å². The predicted molar refractivity (Wildman–Crippen MR) is 95.5 cm³/mol. The first-order chi connectivity index (χ1) is 12.1. The first-order valence-corrected chi connectivity index (χ1v) is 10.2. The molecule has 1 aliphatic heterocycles. The van der Waals surface area contributed by atoms with Gasteiger partial charge in [-0.1, -0.05) is 12.8 Å². The van der Waals surface area contributed by atoms with Crippen LogP contribution < -0.4 is 9.62 Å². The number of sulfonamides is 1. The fourth-order valence-corrected chi connectivity index (χ4v) is 3.93. The summed E-state index contributed by atoms with van der Waals surface area (Å²) < 4.78 is 24.2. The molecule has 1 saturated carbocycles. The van der Waals surface area contributed by atoms with Gasteiger partial charge in [0.2, 0.25) is 10.0 Å². The third kappa shape index (κ3) is 3.18. The van der Waals surface area contributed by atoms with Crippen molar-refractivity contribution in [3.63, 3.8) is 0 Å². The Morgan fingerprint density at radius 2 is 1.77 bits per heavy atom. The minimum atomic E-state index is -3.39. The molecule has 140 valence electrons. The van der Waals surface area contributed by atoms with Crippen molar-refractivity contribution in [2.24, 2.45) is 0 Å². The van der Waals surface area contributed by atoms with Gasteiger partial charge in [-0.05, 0) is 37.1 Å². The molecule has 0 unspecified atom stereocenters. The second kappa shape index (κ2) is 6.39. The van der Waals surface area contributed by atoms with Crippen molar-refractivity contribution in [2.45, 2.75) is 31.2 Å². The Morgan fingerprint density at radius 1 is 1.19 bits per heavy atom. The number of imide groups is 1. The van der Waals surface area contributed by atoms with Gasteiger partial charge in [0.05, 0.1) is 18.5 Å². The first kappa shape index (κ1) is 18.4. The number of nitrogens with one attached hydrogen (secondary N) is 1. The largest absolute Gasteiger partial charge is 0.325 e. The van der Waals surface area contributed by atoms with Crippen molar-refractivity contribution in [1.29, 1.82) is 0 Å². The van der Waals surface area contributed by atoms with E-state index in [1.165, 1.54) is 31.3 Å². The normalized spacial score (nSPS) is 19.1. The van der Waals surface area contributed by atoms with Gasteiger partial charge in [0, 0.05) is 12.6 Å². The van der Waals surface area contributed by atoms with Crippen molar-refractivity contribution in [3.8, 4) is 0 Å². The highest BCUT2D eigenvalue weighted by atomic mass is 32.2. The standard InChI is InChI=1S/C17H21N3O5S/c1-19(26(2,24)25)13-7-5-12(6-8-13)14(21)11-20-15(22)17(18-16(20)23)9-3-4-10-17/h5-8H,3-4,9-11H2,1-2H3,(H,18,23). The van der Waals surface area contributed by atoms with Gasteiger partial charge in [-0.15, -0.1) is 0 Å². The Kier molecular flexibility index (Phi) is 4.51. The Labute approximate surface area is 152 Å². The zero-order valence-corrected chi connectivity index (χ0v) is 15.5. The van der Waals surface area contributed by atoms with E-state index in [0.29, 0.717) is 24.1 Å². The molecule has 1 aromatic carbocycles. The third-order valence-electron chi connectivity index (χ3n) is 5.06. The molecular weight excluding hydrogens is 358 g/mol. The molecule has 2 fully saturated rings. The predicted octanol–water partition coefficient (Wildman–Crippen LogP) is 1.13. The third-order valence-corrected chi connectivity index (χ3v) is 6.26. The summed E-state index contributed by atoms with van der Waals surface area (Å²) in [5, 5.41) is 2.74. The molecule has 1 saturated heterocycles. The summed E-state index contributed by atoms with van der Waals surface area (Å²) >= 11 is 0.